The maximum Gasteiger partial charge on any atom is 0.252 e. The number of amides is 1. The first kappa shape index (κ1) is 17.6. The van der Waals surface area contributed by atoms with Crippen molar-refractivity contribution in [1.29, 1.82) is 0 Å². The number of H-pyrrole nitrogens is 1. The first-order chi connectivity index (χ1) is 12.1. The summed E-state index contributed by atoms with van der Waals surface area (Å²) in [7, 11) is 0. The minimum absolute atomic E-state index is 0.123. The third kappa shape index (κ3) is 4.90. The van der Waals surface area contributed by atoms with Gasteiger partial charge in [0.1, 0.15) is 5.82 Å². The van der Waals surface area contributed by atoms with Gasteiger partial charge in [-0.05, 0) is 45.8 Å². The summed E-state index contributed by atoms with van der Waals surface area (Å²) in [4.78, 5) is 16.6. The van der Waals surface area contributed by atoms with Crippen molar-refractivity contribution < 1.29 is 4.79 Å². The Hall–Kier alpha value is -2.18. The number of hydrogen-bond donors (Lipinski definition) is 2. The zero-order valence-corrected chi connectivity index (χ0v) is 15.6. The molecule has 7 heteroatoms. The monoisotopic (exact) mass is 418 g/mol. The molecule has 2 aromatic carbocycles. The molecule has 0 radical (unpaired) electrons. The Labute approximate surface area is 159 Å². The highest BCUT2D eigenvalue weighted by Gasteiger charge is 2.09. The number of nitrogens with zero attached hydrogens (tertiary/aromatic N) is 2. The normalized spacial score (nSPS) is 10.6. The SMILES string of the molecule is O=C(NCCc1n[nH]c(Cc2cccc(Cl)c2)n1)c1ccccc1Br. The summed E-state index contributed by atoms with van der Waals surface area (Å²) in [5, 5.41) is 10.7. The van der Waals surface area contributed by atoms with Gasteiger partial charge in [0.2, 0.25) is 0 Å². The van der Waals surface area contributed by atoms with Crippen molar-refractivity contribution >= 4 is 33.4 Å². The van der Waals surface area contributed by atoms with Crippen molar-refractivity contribution in [2.24, 2.45) is 0 Å². The molecule has 0 spiro atoms. The van der Waals surface area contributed by atoms with Gasteiger partial charge in [0.05, 0.1) is 5.56 Å². The van der Waals surface area contributed by atoms with Crippen LogP contribution in [0.4, 0.5) is 0 Å². The van der Waals surface area contributed by atoms with Crippen molar-refractivity contribution in [3.05, 3.63) is 80.8 Å². The summed E-state index contributed by atoms with van der Waals surface area (Å²) < 4.78 is 0.772. The van der Waals surface area contributed by atoms with Gasteiger partial charge in [0.25, 0.3) is 5.91 Å². The fraction of sp³-hybridized carbons (Fsp3) is 0.167. The molecule has 1 heterocycles. The number of carbonyl (C=O) groups is 1. The van der Waals surface area contributed by atoms with Gasteiger partial charge in [-0.2, -0.15) is 5.10 Å². The maximum atomic E-state index is 12.1. The number of carbonyl (C=O) groups excluding carboxylic acids is 1. The molecular formula is C18H16BrClN4O. The van der Waals surface area contributed by atoms with E-state index in [0.29, 0.717) is 35.8 Å². The number of benzene rings is 2. The Balaban J connectivity index is 1.52. The Morgan fingerprint density at radius 1 is 1.20 bits per heavy atom. The van der Waals surface area contributed by atoms with Crippen molar-refractivity contribution in [2.45, 2.75) is 12.8 Å². The summed E-state index contributed by atoms with van der Waals surface area (Å²) in [6, 6.07) is 15.0. The molecule has 0 saturated heterocycles. The minimum atomic E-state index is -0.123. The number of rotatable bonds is 6. The Morgan fingerprint density at radius 2 is 2.04 bits per heavy atom. The number of aromatic amines is 1. The lowest BCUT2D eigenvalue weighted by Gasteiger charge is -2.05. The van der Waals surface area contributed by atoms with Crippen LogP contribution in [0.25, 0.3) is 0 Å². The topological polar surface area (TPSA) is 70.7 Å². The third-order valence-electron chi connectivity index (χ3n) is 3.59. The molecule has 1 aromatic heterocycles. The third-order valence-corrected chi connectivity index (χ3v) is 4.52. The first-order valence-electron chi connectivity index (χ1n) is 7.79. The molecule has 0 saturated carbocycles. The maximum absolute atomic E-state index is 12.1. The molecule has 5 nitrogen and oxygen atoms in total. The second-order valence-electron chi connectivity index (χ2n) is 5.49. The van der Waals surface area contributed by atoms with E-state index in [1.54, 1.807) is 6.07 Å². The van der Waals surface area contributed by atoms with Crippen LogP contribution in [-0.2, 0) is 12.8 Å². The molecule has 1 amide bonds. The highest BCUT2D eigenvalue weighted by atomic mass is 79.9. The molecular weight excluding hydrogens is 404 g/mol. The average Bonchev–Trinajstić information content (AvgIpc) is 3.02. The molecule has 0 aliphatic heterocycles. The van der Waals surface area contributed by atoms with Gasteiger partial charge < -0.3 is 5.32 Å². The van der Waals surface area contributed by atoms with E-state index in [4.69, 9.17) is 11.6 Å². The van der Waals surface area contributed by atoms with Gasteiger partial charge in [-0.15, -0.1) is 0 Å². The number of aromatic nitrogens is 3. The molecule has 0 aliphatic carbocycles. The molecule has 25 heavy (non-hydrogen) atoms. The van der Waals surface area contributed by atoms with Gasteiger partial charge in [0.15, 0.2) is 5.82 Å². The van der Waals surface area contributed by atoms with E-state index in [0.717, 1.165) is 15.9 Å². The second kappa shape index (κ2) is 8.27. The van der Waals surface area contributed by atoms with E-state index in [1.165, 1.54) is 0 Å². The second-order valence-corrected chi connectivity index (χ2v) is 6.78. The molecule has 0 bridgehead atoms. The molecule has 3 aromatic rings. The van der Waals surface area contributed by atoms with Crippen LogP contribution in [0, 0.1) is 0 Å². The molecule has 0 atom stereocenters. The minimum Gasteiger partial charge on any atom is -0.352 e. The van der Waals surface area contributed by atoms with Crippen LogP contribution < -0.4 is 5.32 Å². The van der Waals surface area contributed by atoms with Crippen LogP contribution in [0.3, 0.4) is 0 Å². The van der Waals surface area contributed by atoms with E-state index in [9.17, 15) is 4.79 Å². The van der Waals surface area contributed by atoms with E-state index < -0.39 is 0 Å². The van der Waals surface area contributed by atoms with E-state index in [-0.39, 0.29) is 5.91 Å². The first-order valence-corrected chi connectivity index (χ1v) is 8.96. The van der Waals surface area contributed by atoms with Crippen LogP contribution in [0.5, 0.6) is 0 Å². The van der Waals surface area contributed by atoms with E-state index in [1.807, 2.05) is 42.5 Å². The molecule has 128 valence electrons. The van der Waals surface area contributed by atoms with Crippen LogP contribution in [-0.4, -0.2) is 27.6 Å². The lowest BCUT2D eigenvalue weighted by Crippen LogP contribution is -2.26. The zero-order chi connectivity index (χ0) is 17.6. The fourth-order valence-electron chi connectivity index (χ4n) is 2.39. The van der Waals surface area contributed by atoms with Crippen LogP contribution in [0.1, 0.15) is 27.6 Å². The lowest BCUT2D eigenvalue weighted by molar-refractivity contribution is 0.0953. The highest BCUT2D eigenvalue weighted by Crippen LogP contribution is 2.15. The largest absolute Gasteiger partial charge is 0.352 e. The summed E-state index contributed by atoms with van der Waals surface area (Å²) in [5.41, 5.74) is 1.68. The highest BCUT2D eigenvalue weighted by molar-refractivity contribution is 9.10. The number of halogens is 2. The predicted molar refractivity (Wildman–Crippen MR) is 101 cm³/mol. The average molecular weight is 420 g/mol. The zero-order valence-electron chi connectivity index (χ0n) is 13.3. The van der Waals surface area contributed by atoms with Gasteiger partial charge >= 0.3 is 0 Å². The summed E-state index contributed by atoms with van der Waals surface area (Å²) in [5.74, 6) is 1.32. The Bertz CT molecular complexity index is 881. The Morgan fingerprint density at radius 3 is 2.84 bits per heavy atom. The Kier molecular flexibility index (Phi) is 5.83. The van der Waals surface area contributed by atoms with Crippen molar-refractivity contribution in [3.63, 3.8) is 0 Å². The standard InChI is InChI=1S/C18H16BrClN4O/c19-15-7-2-1-6-14(15)18(25)21-9-8-16-22-17(24-23-16)11-12-4-3-5-13(20)10-12/h1-7,10H,8-9,11H2,(H,21,25)(H,22,23,24). The van der Waals surface area contributed by atoms with Gasteiger partial charge in [-0.25, -0.2) is 4.98 Å². The summed E-state index contributed by atoms with van der Waals surface area (Å²) in [6.45, 7) is 0.467. The van der Waals surface area contributed by atoms with Crippen molar-refractivity contribution in [2.75, 3.05) is 6.54 Å². The number of hydrogen-bond acceptors (Lipinski definition) is 3. The van der Waals surface area contributed by atoms with Crippen LogP contribution >= 0.6 is 27.5 Å². The molecule has 3 rings (SSSR count). The van der Waals surface area contributed by atoms with Crippen LogP contribution in [0.2, 0.25) is 5.02 Å². The van der Waals surface area contributed by atoms with Gasteiger partial charge in [0, 0.05) is 28.9 Å². The van der Waals surface area contributed by atoms with Gasteiger partial charge in [-0.3, -0.25) is 9.89 Å². The van der Waals surface area contributed by atoms with E-state index >= 15 is 0 Å². The summed E-state index contributed by atoms with van der Waals surface area (Å²) >= 11 is 9.36. The van der Waals surface area contributed by atoms with E-state index in [2.05, 4.69) is 36.4 Å². The fourth-order valence-corrected chi connectivity index (χ4v) is 3.07. The number of nitrogens with one attached hydrogen (secondary N) is 2. The molecule has 0 fully saturated rings. The van der Waals surface area contributed by atoms with Crippen molar-refractivity contribution in [1.82, 2.24) is 20.5 Å². The van der Waals surface area contributed by atoms with Gasteiger partial charge in [-0.1, -0.05) is 35.9 Å². The lowest BCUT2D eigenvalue weighted by atomic mass is 10.1. The predicted octanol–water partition coefficient (Wildman–Crippen LogP) is 3.78. The van der Waals surface area contributed by atoms with Crippen molar-refractivity contribution in [3.8, 4) is 0 Å². The smallest absolute Gasteiger partial charge is 0.252 e. The molecule has 0 unspecified atom stereocenters. The van der Waals surface area contributed by atoms with Crippen LogP contribution in [0.15, 0.2) is 53.0 Å². The molecule has 2 N–H and O–H groups in total. The summed E-state index contributed by atoms with van der Waals surface area (Å²) in [6.07, 6.45) is 1.19. The molecule has 0 aliphatic rings. The quantitative estimate of drug-likeness (QED) is 0.639.